The fourth-order valence-corrected chi connectivity index (χ4v) is 2.51. The smallest absolute Gasteiger partial charge is 0.250 e. The van der Waals surface area contributed by atoms with Crippen molar-refractivity contribution in [2.75, 3.05) is 17.2 Å². The van der Waals surface area contributed by atoms with E-state index in [1.54, 1.807) is 0 Å². The molecule has 0 heterocycles. The predicted octanol–water partition coefficient (Wildman–Crippen LogP) is 3.07. The zero-order chi connectivity index (χ0) is 15.9. The molecule has 1 aromatic carbocycles. The van der Waals surface area contributed by atoms with Crippen LogP contribution in [0, 0.1) is 5.82 Å². The van der Waals surface area contributed by atoms with Crippen LogP contribution in [-0.4, -0.2) is 24.5 Å². The maximum absolute atomic E-state index is 13.7. The van der Waals surface area contributed by atoms with E-state index in [1.807, 2.05) is 0 Å². The van der Waals surface area contributed by atoms with Gasteiger partial charge in [-0.15, -0.1) is 0 Å². The van der Waals surface area contributed by atoms with Gasteiger partial charge in [-0.1, -0.05) is 19.3 Å². The predicted molar refractivity (Wildman–Crippen MR) is 82.2 cm³/mol. The summed E-state index contributed by atoms with van der Waals surface area (Å²) in [6.07, 6.45) is 5.53. The summed E-state index contributed by atoms with van der Waals surface area (Å²) in [5.41, 5.74) is 0.459. The van der Waals surface area contributed by atoms with E-state index >= 15 is 0 Å². The van der Waals surface area contributed by atoms with E-state index in [9.17, 15) is 14.0 Å². The van der Waals surface area contributed by atoms with Crippen LogP contribution in [0.1, 0.15) is 39.0 Å². The van der Waals surface area contributed by atoms with Crippen molar-refractivity contribution in [3.8, 4) is 0 Å². The van der Waals surface area contributed by atoms with Crippen LogP contribution in [0.15, 0.2) is 18.2 Å². The van der Waals surface area contributed by atoms with Crippen LogP contribution in [0.4, 0.5) is 15.8 Å². The zero-order valence-corrected chi connectivity index (χ0v) is 12.7. The lowest BCUT2D eigenvalue weighted by Crippen LogP contribution is -2.25. The van der Waals surface area contributed by atoms with E-state index in [4.69, 9.17) is 4.74 Å². The van der Waals surface area contributed by atoms with Gasteiger partial charge in [-0.2, -0.15) is 0 Å². The highest BCUT2D eigenvalue weighted by Gasteiger charge is 2.16. The Balaban J connectivity index is 1.88. The first-order valence-electron chi connectivity index (χ1n) is 7.53. The van der Waals surface area contributed by atoms with E-state index < -0.39 is 11.7 Å². The highest BCUT2D eigenvalue weighted by atomic mass is 19.1. The third-order valence-electron chi connectivity index (χ3n) is 3.56. The van der Waals surface area contributed by atoms with E-state index in [2.05, 4.69) is 10.6 Å². The van der Waals surface area contributed by atoms with Gasteiger partial charge in [0.25, 0.3) is 0 Å². The quantitative estimate of drug-likeness (QED) is 0.878. The molecule has 0 atom stereocenters. The first-order chi connectivity index (χ1) is 10.5. The number of amides is 2. The highest BCUT2D eigenvalue weighted by molar-refractivity contribution is 5.94. The monoisotopic (exact) mass is 308 g/mol. The van der Waals surface area contributed by atoms with Gasteiger partial charge in [0.2, 0.25) is 11.8 Å². The number of nitrogens with one attached hydrogen (secondary N) is 2. The standard InChI is InChI=1S/C16H21FN2O3/c1-11(20)18-12-7-8-14(17)15(9-12)19-16(21)10-22-13-5-3-2-4-6-13/h7-9,13H,2-6,10H2,1H3,(H,18,20)(H,19,21). The summed E-state index contributed by atoms with van der Waals surface area (Å²) in [4.78, 5) is 22.8. The molecule has 0 bridgehead atoms. The Morgan fingerprint density at radius 2 is 1.95 bits per heavy atom. The molecule has 1 aliphatic rings. The number of carbonyl (C=O) groups is 2. The minimum absolute atomic E-state index is 0.0310. The number of rotatable bonds is 5. The van der Waals surface area contributed by atoms with Crippen LogP contribution in [0.2, 0.25) is 0 Å². The van der Waals surface area contributed by atoms with Crippen LogP contribution < -0.4 is 10.6 Å². The SMILES string of the molecule is CC(=O)Nc1ccc(F)c(NC(=O)COC2CCCCC2)c1. The third-order valence-corrected chi connectivity index (χ3v) is 3.56. The fourth-order valence-electron chi connectivity index (χ4n) is 2.51. The highest BCUT2D eigenvalue weighted by Crippen LogP contribution is 2.21. The van der Waals surface area contributed by atoms with Gasteiger partial charge in [-0.05, 0) is 31.0 Å². The van der Waals surface area contributed by atoms with Crippen LogP contribution in [0.25, 0.3) is 0 Å². The second-order valence-corrected chi connectivity index (χ2v) is 5.50. The van der Waals surface area contributed by atoms with Gasteiger partial charge < -0.3 is 15.4 Å². The minimum Gasteiger partial charge on any atom is -0.368 e. The van der Waals surface area contributed by atoms with Crippen molar-refractivity contribution < 1.29 is 18.7 Å². The van der Waals surface area contributed by atoms with Crippen LogP contribution >= 0.6 is 0 Å². The molecule has 6 heteroatoms. The summed E-state index contributed by atoms with van der Waals surface area (Å²) in [5.74, 6) is -1.21. The second-order valence-electron chi connectivity index (χ2n) is 5.50. The van der Waals surface area contributed by atoms with Gasteiger partial charge in [0, 0.05) is 12.6 Å². The number of hydrogen-bond acceptors (Lipinski definition) is 3. The van der Waals surface area contributed by atoms with E-state index in [1.165, 1.54) is 31.5 Å². The summed E-state index contributed by atoms with van der Waals surface area (Å²) < 4.78 is 19.2. The Bertz CT molecular complexity index is 542. The number of hydrogen-bond donors (Lipinski definition) is 2. The van der Waals surface area contributed by atoms with Gasteiger partial charge in [-0.3, -0.25) is 9.59 Å². The topological polar surface area (TPSA) is 67.4 Å². The number of anilines is 2. The average Bonchev–Trinajstić information content (AvgIpc) is 2.49. The lowest BCUT2D eigenvalue weighted by atomic mass is 9.98. The summed E-state index contributed by atoms with van der Waals surface area (Å²) in [5, 5.41) is 5.01. The molecular weight excluding hydrogens is 287 g/mol. The molecule has 5 nitrogen and oxygen atoms in total. The van der Waals surface area contributed by atoms with Gasteiger partial charge in [-0.25, -0.2) is 4.39 Å². The van der Waals surface area contributed by atoms with E-state index in [0.29, 0.717) is 5.69 Å². The van der Waals surface area contributed by atoms with Gasteiger partial charge >= 0.3 is 0 Å². The molecule has 0 unspecified atom stereocenters. The molecule has 0 aliphatic heterocycles. The first-order valence-corrected chi connectivity index (χ1v) is 7.53. The van der Waals surface area contributed by atoms with Gasteiger partial charge in [0.05, 0.1) is 11.8 Å². The number of halogens is 1. The molecule has 1 saturated carbocycles. The molecule has 0 spiro atoms. The van der Waals surface area contributed by atoms with Crippen molar-refractivity contribution in [2.24, 2.45) is 0 Å². The van der Waals surface area contributed by atoms with E-state index in [-0.39, 0.29) is 24.3 Å². The molecule has 2 amide bonds. The molecule has 2 N–H and O–H groups in total. The summed E-state index contributed by atoms with van der Waals surface area (Å²) in [6.45, 7) is 1.27. The molecule has 0 radical (unpaired) electrons. The first kappa shape index (κ1) is 16.4. The number of carbonyl (C=O) groups excluding carboxylic acids is 2. The van der Waals surface area contributed by atoms with Crippen LogP contribution in [0.5, 0.6) is 0 Å². The second kappa shape index (κ2) is 7.89. The molecular formula is C16H21FN2O3. The minimum atomic E-state index is -0.555. The van der Waals surface area contributed by atoms with Crippen LogP contribution in [0.3, 0.4) is 0 Å². The molecule has 0 saturated heterocycles. The lowest BCUT2D eigenvalue weighted by Gasteiger charge is -2.21. The Morgan fingerprint density at radius 1 is 1.23 bits per heavy atom. The fraction of sp³-hybridized carbons (Fsp3) is 0.500. The van der Waals surface area contributed by atoms with Crippen molar-refractivity contribution in [3.05, 3.63) is 24.0 Å². The molecule has 120 valence electrons. The normalized spacial score (nSPS) is 15.4. The molecule has 1 fully saturated rings. The van der Waals surface area contributed by atoms with Crippen molar-refractivity contribution in [1.82, 2.24) is 0 Å². The van der Waals surface area contributed by atoms with Crippen molar-refractivity contribution in [3.63, 3.8) is 0 Å². The van der Waals surface area contributed by atoms with Crippen molar-refractivity contribution in [1.29, 1.82) is 0 Å². The number of ether oxygens (including phenoxy) is 1. The lowest BCUT2D eigenvalue weighted by molar-refractivity contribution is -0.123. The molecule has 0 aromatic heterocycles. The summed E-state index contributed by atoms with van der Waals surface area (Å²) in [7, 11) is 0. The third kappa shape index (κ3) is 5.11. The van der Waals surface area contributed by atoms with Crippen molar-refractivity contribution in [2.45, 2.75) is 45.1 Å². The molecule has 1 aromatic rings. The largest absolute Gasteiger partial charge is 0.368 e. The Kier molecular flexibility index (Phi) is 5.89. The molecule has 2 rings (SSSR count). The summed E-state index contributed by atoms with van der Waals surface area (Å²) in [6, 6.07) is 4.02. The van der Waals surface area contributed by atoms with Crippen LogP contribution in [-0.2, 0) is 14.3 Å². The molecule has 22 heavy (non-hydrogen) atoms. The summed E-state index contributed by atoms with van der Waals surface area (Å²) >= 11 is 0. The van der Waals surface area contributed by atoms with Gasteiger partial charge in [0.15, 0.2) is 0 Å². The Hall–Kier alpha value is -1.95. The zero-order valence-electron chi connectivity index (χ0n) is 12.7. The average molecular weight is 308 g/mol. The Morgan fingerprint density at radius 3 is 2.64 bits per heavy atom. The maximum Gasteiger partial charge on any atom is 0.250 e. The number of benzene rings is 1. The Labute approximate surface area is 129 Å². The maximum atomic E-state index is 13.7. The van der Waals surface area contributed by atoms with Gasteiger partial charge in [0.1, 0.15) is 12.4 Å². The van der Waals surface area contributed by atoms with E-state index in [0.717, 1.165) is 25.7 Å². The molecule has 1 aliphatic carbocycles. The van der Waals surface area contributed by atoms with Crippen molar-refractivity contribution >= 4 is 23.2 Å².